The van der Waals surface area contributed by atoms with Crippen LogP contribution in [-0.4, -0.2) is 72.8 Å². The second-order valence-electron chi connectivity index (χ2n) is 9.01. The molecule has 0 bridgehead atoms. The summed E-state index contributed by atoms with van der Waals surface area (Å²) in [6.07, 6.45) is 0.102. The summed E-state index contributed by atoms with van der Waals surface area (Å²) in [6.45, 7) is 12.8. The Kier molecular flexibility index (Phi) is 12.8. The Morgan fingerprint density at radius 3 is 2.09 bits per heavy atom. The van der Waals surface area contributed by atoms with Crippen molar-refractivity contribution in [3.63, 3.8) is 0 Å². The number of ketones is 1. The summed E-state index contributed by atoms with van der Waals surface area (Å²) in [4.78, 5) is 46.9. The molecule has 0 aliphatic rings. The molecule has 32 heavy (non-hydrogen) atoms. The van der Waals surface area contributed by atoms with Gasteiger partial charge < -0.3 is 30.3 Å². The first-order chi connectivity index (χ1) is 14.7. The van der Waals surface area contributed by atoms with Crippen LogP contribution in [0, 0.1) is 10.8 Å². The number of allylic oxidation sites excluding steroid dienone is 1. The van der Waals surface area contributed by atoms with Gasteiger partial charge in [-0.1, -0.05) is 34.3 Å². The quantitative estimate of drug-likeness (QED) is 0.189. The minimum absolute atomic E-state index is 0.0348. The standard InChI is InChI=1S/C22H38N2O8/c1-15(25)13-32-12-11-31-10-9-23-18(27)8-7-17(19(28)29)24-20(30)22(5,6)14-21(3,4)16(2)26/h17,26H,2,7-14H2,1,3-6H3,(H,23,27)(H,24,30)(H,28,29). The number of aliphatic hydroxyl groups excluding tert-OH is 1. The monoisotopic (exact) mass is 458 g/mol. The van der Waals surface area contributed by atoms with Gasteiger partial charge in [0.15, 0.2) is 5.78 Å². The van der Waals surface area contributed by atoms with Crippen molar-refractivity contribution in [2.45, 2.75) is 59.9 Å². The number of hydrogen-bond donors (Lipinski definition) is 4. The molecule has 0 heterocycles. The van der Waals surface area contributed by atoms with E-state index >= 15 is 0 Å². The number of carbonyl (C=O) groups excluding carboxylic acids is 3. The van der Waals surface area contributed by atoms with Gasteiger partial charge in [-0.15, -0.1) is 0 Å². The van der Waals surface area contributed by atoms with Gasteiger partial charge in [-0.25, -0.2) is 4.79 Å². The van der Waals surface area contributed by atoms with Gasteiger partial charge in [-0.05, 0) is 19.8 Å². The lowest BCUT2D eigenvalue weighted by Gasteiger charge is -2.34. The number of carbonyl (C=O) groups is 4. The third-order valence-corrected chi connectivity index (χ3v) is 4.79. The van der Waals surface area contributed by atoms with E-state index in [-0.39, 0.29) is 69.7 Å². The first-order valence-corrected chi connectivity index (χ1v) is 10.5. The average molecular weight is 459 g/mol. The number of ether oxygens (including phenoxy) is 2. The van der Waals surface area contributed by atoms with Crippen molar-refractivity contribution in [3.8, 4) is 0 Å². The van der Waals surface area contributed by atoms with Crippen molar-refractivity contribution in [1.82, 2.24) is 10.6 Å². The fraction of sp³-hybridized carbons (Fsp3) is 0.727. The van der Waals surface area contributed by atoms with Crippen LogP contribution < -0.4 is 10.6 Å². The van der Waals surface area contributed by atoms with E-state index in [4.69, 9.17) is 9.47 Å². The Bertz CT molecular complexity index is 673. The number of carboxylic acid groups (broad SMARTS) is 1. The highest BCUT2D eigenvalue weighted by atomic mass is 16.5. The molecule has 10 nitrogen and oxygen atoms in total. The minimum Gasteiger partial charge on any atom is -0.512 e. The Balaban J connectivity index is 4.39. The van der Waals surface area contributed by atoms with E-state index in [0.717, 1.165) is 0 Å². The number of amides is 2. The molecule has 2 amide bonds. The fourth-order valence-corrected chi connectivity index (χ4v) is 2.96. The molecule has 0 aliphatic heterocycles. The highest BCUT2D eigenvalue weighted by Gasteiger charge is 2.38. The molecule has 0 fully saturated rings. The van der Waals surface area contributed by atoms with Crippen LogP contribution in [-0.2, 0) is 28.7 Å². The van der Waals surface area contributed by atoms with Crippen molar-refractivity contribution in [3.05, 3.63) is 12.3 Å². The minimum atomic E-state index is -1.23. The summed E-state index contributed by atoms with van der Waals surface area (Å²) in [7, 11) is 0. The van der Waals surface area contributed by atoms with Gasteiger partial charge in [0.1, 0.15) is 12.6 Å². The number of Topliss-reactive ketones (excluding diaryl/α,β-unsaturated/α-hetero) is 1. The van der Waals surface area contributed by atoms with Gasteiger partial charge in [0.25, 0.3) is 0 Å². The molecule has 1 atom stereocenters. The number of aliphatic hydroxyl groups is 1. The summed E-state index contributed by atoms with van der Waals surface area (Å²) in [5.74, 6) is -2.21. The summed E-state index contributed by atoms with van der Waals surface area (Å²) in [6, 6.07) is -1.22. The van der Waals surface area contributed by atoms with E-state index in [1.807, 2.05) is 0 Å². The molecular weight excluding hydrogens is 420 g/mol. The molecule has 0 aromatic carbocycles. The maximum Gasteiger partial charge on any atom is 0.326 e. The Labute approximate surface area is 189 Å². The van der Waals surface area contributed by atoms with E-state index in [1.54, 1.807) is 27.7 Å². The van der Waals surface area contributed by atoms with Crippen molar-refractivity contribution in [2.75, 3.05) is 33.0 Å². The summed E-state index contributed by atoms with van der Waals surface area (Å²) >= 11 is 0. The second-order valence-corrected chi connectivity index (χ2v) is 9.01. The van der Waals surface area contributed by atoms with E-state index < -0.39 is 28.7 Å². The normalized spacial score (nSPS) is 12.7. The maximum absolute atomic E-state index is 12.6. The number of carboxylic acids is 1. The lowest BCUT2D eigenvalue weighted by Crippen LogP contribution is -2.48. The zero-order valence-corrected chi connectivity index (χ0v) is 19.8. The first-order valence-electron chi connectivity index (χ1n) is 10.5. The van der Waals surface area contributed by atoms with Crippen molar-refractivity contribution in [2.24, 2.45) is 10.8 Å². The van der Waals surface area contributed by atoms with Crippen molar-refractivity contribution < 1.29 is 38.9 Å². The lowest BCUT2D eigenvalue weighted by molar-refractivity contribution is -0.144. The summed E-state index contributed by atoms with van der Waals surface area (Å²) in [5.41, 5.74) is -1.68. The third kappa shape index (κ3) is 12.4. The molecule has 184 valence electrons. The summed E-state index contributed by atoms with van der Waals surface area (Å²) < 4.78 is 10.3. The van der Waals surface area contributed by atoms with E-state index in [0.29, 0.717) is 0 Å². The SMILES string of the molecule is C=C(O)C(C)(C)CC(C)(C)C(=O)NC(CCC(=O)NCCOCCOCC(C)=O)C(=O)O. The predicted molar refractivity (Wildman–Crippen MR) is 118 cm³/mol. The molecule has 0 spiro atoms. The molecule has 0 radical (unpaired) electrons. The highest BCUT2D eigenvalue weighted by Crippen LogP contribution is 2.37. The van der Waals surface area contributed by atoms with Crippen LogP contribution in [0.1, 0.15) is 53.9 Å². The average Bonchev–Trinajstić information content (AvgIpc) is 2.65. The van der Waals surface area contributed by atoms with Crippen LogP contribution in [0.2, 0.25) is 0 Å². The van der Waals surface area contributed by atoms with Crippen LogP contribution in [0.5, 0.6) is 0 Å². The lowest BCUT2D eigenvalue weighted by atomic mass is 9.73. The van der Waals surface area contributed by atoms with Gasteiger partial charge in [0, 0.05) is 23.8 Å². The molecule has 4 N–H and O–H groups in total. The van der Waals surface area contributed by atoms with Crippen molar-refractivity contribution >= 4 is 23.6 Å². The van der Waals surface area contributed by atoms with Gasteiger partial charge >= 0.3 is 5.97 Å². The number of hydrogen-bond acceptors (Lipinski definition) is 7. The number of nitrogens with one attached hydrogen (secondary N) is 2. The Hall–Kier alpha value is -2.46. The first kappa shape index (κ1) is 29.5. The largest absolute Gasteiger partial charge is 0.512 e. The molecule has 0 saturated carbocycles. The maximum atomic E-state index is 12.6. The Morgan fingerprint density at radius 1 is 0.969 bits per heavy atom. The van der Waals surface area contributed by atoms with Crippen molar-refractivity contribution in [1.29, 1.82) is 0 Å². The van der Waals surface area contributed by atoms with Gasteiger partial charge in [-0.3, -0.25) is 14.4 Å². The van der Waals surface area contributed by atoms with E-state index in [9.17, 15) is 29.4 Å². The number of rotatable bonds is 17. The van der Waals surface area contributed by atoms with Crippen LogP contribution in [0.15, 0.2) is 12.3 Å². The van der Waals surface area contributed by atoms with E-state index in [2.05, 4.69) is 17.2 Å². The molecule has 10 heteroatoms. The second kappa shape index (κ2) is 13.8. The zero-order valence-electron chi connectivity index (χ0n) is 19.8. The molecule has 0 aromatic rings. The van der Waals surface area contributed by atoms with Gasteiger partial charge in [0.05, 0.1) is 25.6 Å². The molecular formula is C22H38N2O8. The molecule has 1 unspecified atom stereocenters. The molecule has 0 saturated heterocycles. The molecule has 0 rings (SSSR count). The fourth-order valence-electron chi connectivity index (χ4n) is 2.96. The van der Waals surface area contributed by atoms with Crippen LogP contribution in [0.25, 0.3) is 0 Å². The number of aliphatic carboxylic acids is 1. The van der Waals surface area contributed by atoms with E-state index in [1.165, 1.54) is 6.92 Å². The smallest absolute Gasteiger partial charge is 0.326 e. The third-order valence-electron chi connectivity index (χ3n) is 4.79. The Morgan fingerprint density at radius 2 is 1.56 bits per heavy atom. The zero-order chi connectivity index (χ0) is 24.9. The van der Waals surface area contributed by atoms with Crippen LogP contribution in [0.4, 0.5) is 0 Å². The molecule has 0 aromatic heterocycles. The van der Waals surface area contributed by atoms with Gasteiger partial charge in [-0.2, -0.15) is 0 Å². The summed E-state index contributed by atoms with van der Waals surface area (Å²) in [5, 5.41) is 24.2. The highest BCUT2D eigenvalue weighted by molar-refractivity contribution is 5.87. The predicted octanol–water partition coefficient (Wildman–Crippen LogP) is 1.59. The molecule has 0 aliphatic carbocycles. The van der Waals surface area contributed by atoms with Gasteiger partial charge in [0.2, 0.25) is 11.8 Å². The van der Waals surface area contributed by atoms with Crippen LogP contribution in [0.3, 0.4) is 0 Å². The topological polar surface area (TPSA) is 151 Å². The van der Waals surface area contributed by atoms with Crippen LogP contribution >= 0.6 is 0 Å².